The number of nitro benzene ring substituents is 1. The number of anilines is 3. The number of nitro groups is 1. The first kappa shape index (κ1) is 23.1. The van der Waals surface area contributed by atoms with E-state index in [0.29, 0.717) is 59.9 Å². The Bertz CT molecular complexity index is 1540. The smallest absolute Gasteiger partial charge is 0.349 e. The summed E-state index contributed by atoms with van der Waals surface area (Å²) in [5, 5.41) is 15.1. The Kier molecular flexibility index (Phi) is 6.13. The number of carbonyl (C=O) groups is 1. The number of nitrogens with one attached hydrogen (secondary N) is 1. The normalized spacial score (nSPS) is 13.5. The zero-order valence-electron chi connectivity index (χ0n) is 19.3. The van der Waals surface area contributed by atoms with Gasteiger partial charge in [-0.2, -0.15) is 0 Å². The number of nitrogens with zero attached hydrogens (tertiary/aromatic N) is 4. The summed E-state index contributed by atoms with van der Waals surface area (Å²) in [5.74, 6) is -0.157. The van der Waals surface area contributed by atoms with Crippen molar-refractivity contribution in [2.45, 2.75) is 6.92 Å². The van der Waals surface area contributed by atoms with Crippen LogP contribution in [0.5, 0.6) is 0 Å². The molecule has 11 heteroatoms. The van der Waals surface area contributed by atoms with Gasteiger partial charge in [-0.15, -0.1) is 0 Å². The third-order valence-electron chi connectivity index (χ3n) is 5.85. The van der Waals surface area contributed by atoms with Crippen LogP contribution < -0.4 is 15.8 Å². The highest BCUT2D eigenvalue weighted by Crippen LogP contribution is 2.33. The van der Waals surface area contributed by atoms with E-state index < -0.39 is 10.5 Å². The van der Waals surface area contributed by atoms with Gasteiger partial charge in [-0.1, -0.05) is 12.1 Å². The number of benzene rings is 2. The van der Waals surface area contributed by atoms with Crippen molar-refractivity contribution in [1.82, 2.24) is 9.97 Å². The van der Waals surface area contributed by atoms with Crippen molar-refractivity contribution in [2.75, 3.05) is 36.5 Å². The molecule has 5 rings (SSSR count). The fraction of sp³-hybridized carbons (Fsp3) is 0.200. The average Bonchev–Trinajstić information content (AvgIpc) is 2.88. The molecule has 36 heavy (non-hydrogen) atoms. The molecule has 0 radical (unpaired) electrons. The molecule has 2 aromatic carbocycles. The van der Waals surface area contributed by atoms with E-state index in [9.17, 15) is 19.7 Å². The van der Waals surface area contributed by atoms with Gasteiger partial charge in [-0.05, 0) is 31.2 Å². The van der Waals surface area contributed by atoms with Crippen LogP contribution in [-0.4, -0.2) is 47.0 Å². The van der Waals surface area contributed by atoms with E-state index in [-0.39, 0.29) is 23.0 Å². The molecule has 11 nitrogen and oxygen atoms in total. The van der Waals surface area contributed by atoms with E-state index in [1.165, 1.54) is 19.2 Å². The second kappa shape index (κ2) is 9.55. The van der Waals surface area contributed by atoms with E-state index in [0.717, 1.165) is 0 Å². The first-order valence-corrected chi connectivity index (χ1v) is 11.2. The zero-order chi connectivity index (χ0) is 25.2. The molecule has 3 heterocycles. The molecule has 0 amide bonds. The molecule has 0 aliphatic carbocycles. The lowest BCUT2D eigenvalue weighted by atomic mass is 10.1. The highest BCUT2D eigenvalue weighted by molar-refractivity contribution is 6.07. The number of Topliss-reactive ketones (excluding diaryl/α,β-unsaturated/α-hetero) is 1. The van der Waals surface area contributed by atoms with Crippen LogP contribution in [0.2, 0.25) is 0 Å². The summed E-state index contributed by atoms with van der Waals surface area (Å²) in [4.78, 5) is 46.6. The number of ketones is 1. The molecule has 182 valence electrons. The van der Waals surface area contributed by atoms with Gasteiger partial charge in [0.2, 0.25) is 5.95 Å². The lowest BCUT2D eigenvalue weighted by molar-refractivity contribution is -0.384. The minimum absolute atomic E-state index is 0.0191. The van der Waals surface area contributed by atoms with Crippen LogP contribution in [-0.2, 0) is 4.74 Å². The summed E-state index contributed by atoms with van der Waals surface area (Å²) in [5.41, 5.74) is 1.37. The maximum Gasteiger partial charge on any atom is 0.349 e. The van der Waals surface area contributed by atoms with Crippen molar-refractivity contribution in [1.29, 1.82) is 0 Å². The minimum atomic E-state index is -0.705. The number of rotatable bonds is 6. The summed E-state index contributed by atoms with van der Waals surface area (Å²) < 4.78 is 10.9. The van der Waals surface area contributed by atoms with E-state index in [2.05, 4.69) is 15.3 Å². The van der Waals surface area contributed by atoms with Crippen molar-refractivity contribution in [2.24, 2.45) is 0 Å². The van der Waals surface area contributed by atoms with E-state index in [4.69, 9.17) is 9.15 Å². The van der Waals surface area contributed by atoms with Crippen molar-refractivity contribution >= 4 is 39.8 Å². The SMILES string of the molecule is CC(=O)c1c(N2CCOCC2)c2ccc(Nc3nccc(-c4ccccc4[N+](=O)[O-])n3)cc2oc1=O. The topological polar surface area (TPSA) is 141 Å². The van der Waals surface area contributed by atoms with Crippen LogP contribution >= 0.6 is 0 Å². The number of hydrogen-bond donors (Lipinski definition) is 1. The molecular formula is C25H21N5O6. The molecule has 0 saturated carbocycles. The Hall–Kier alpha value is -4.64. The average molecular weight is 487 g/mol. The summed E-state index contributed by atoms with van der Waals surface area (Å²) in [6.07, 6.45) is 1.50. The van der Waals surface area contributed by atoms with Gasteiger partial charge in [-0.3, -0.25) is 14.9 Å². The monoisotopic (exact) mass is 487 g/mol. The fourth-order valence-electron chi connectivity index (χ4n) is 4.24. The van der Waals surface area contributed by atoms with Crippen LogP contribution in [0.3, 0.4) is 0 Å². The van der Waals surface area contributed by atoms with Gasteiger partial charge in [0, 0.05) is 42.5 Å². The summed E-state index contributed by atoms with van der Waals surface area (Å²) in [6.45, 7) is 3.42. The van der Waals surface area contributed by atoms with E-state index >= 15 is 0 Å². The van der Waals surface area contributed by atoms with E-state index in [1.807, 2.05) is 4.90 Å². The molecule has 1 saturated heterocycles. The number of aromatic nitrogens is 2. The van der Waals surface area contributed by atoms with Crippen molar-refractivity contribution in [3.63, 3.8) is 0 Å². The lowest BCUT2D eigenvalue weighted by Gasteiger charge is -2.30. The fourth-order valence-corrected chi connectivity index (χ4v) is 4.24. The van der Waals surface area contributed by atoms with Gasteiger partial charge in [0.15, 0.2) is 5.78 Å². The predicted octanol–water partition coefficient (Wildman–Crippen LogP) is 3.94. The Labute approximate surface area is 204 Å². The molecule has 0 unspecified atom stereocenters. The number of fused-ring (bicyclic) bond motifs is 1. The van der Waals surface area contributed by atoms with Crippen LogP contribution in [0.1, 0.15) is 17.3 Å². The highest BCUT2D eigenvalue weighted by Gasteiger charge is 2.24. The van der Waals surface area contributed by atoms with Crippen molar-refractivity contribution in [3.05, 3.63) is 80.8 Å². The van der Waals surface area contributed by atoms with Crippen molar-refractivity contribution < 1.29 is 18.9 Å². The summed E-state index contributed by atoms with van der Waals surface area (Å²) in [7, 11) is 0. The van der Waals surface area contributed by atoms with Gasteiger partial charge in [-0.25, -0.2) is 14.8 Å². The largest absolute Gasteiger partial charge is 0.422 e. The first-order valence-electron chi connectivity index (χ1n) is 11.2. The number of carbonyl (C=O) groups excluding carboxylic acids is 1. The van der Waals surface area contributed by atoms with Crippen molar-refractivity contribution in [3.8, 4) is 11.3 Å². The van der Waals surface area contributed by atoms with Crippen LogP contribution in [0, 0.1) is 10.1 Å². The number of para-hydroxylation sites is 1. The van der Waals surface area contributed by atoms with Gasteiger partial charge < -0.3 is 19.4 Å². The molecule has 2 aromatic heterocycles. The summed E-state index contributed by atoms with van der Waals surface area (Å²) >= 11 is 0. The van der Waals surface area contributed by atoms with E-state index in [1.54, 1.807) is 42.5 Å². The Morgan fingerprint density at radius 1 is 1.14 bits per heavy atom. The third kappa shape index (κ3) is 4.39. The Morgan fingerprint density at radius 2 is 1.92 bits per heavy atom. The second-order valence-corrected chi connectivity index (χ2v) is 8.14. The highest BCUT2D eigenvalue weighted by atomic mass is 16.6. The molecule has 1 fully saturated rings. The van der Waals surface area contributed by atoms with Gasteiger partial charge >= 0.3 is 5.63 Å². The summed E-state index contributed by atoms with van der Waals surface area (Å²) in [6, 6.07) is 13.1. The third-order valence-corrected chi connectivity index (χ3v) is 5.85. The molecule has 0 bridgehead atoms. The first-order chi connectivity index (χ1) is 17.4. The number of morpholine rings is 1. The van der Waals surface area contributed by atoms with Gasteiger partial charge in [0.05, 0.1) is 35.1 Å². The molecule has 1 N–H and O–H groups in total. The lowest BCUT2D eigenvalue weighted by Crippen LogP contribution is -2.38. The van der Waals surface area contributed by atoms with Gasteiger partial charge in [0.1, 0.15) is 11.1 Å². The van der Waals surface area contributed by atoms with Gasteiger partial charge in [0.25, 0.3) is 5.69 Å². The molecule has 0 spiro atoms. The standard InChI is InChI=1S/C25H21N5O6/c1-15(31)22-23(29-10-12-35-13-11-29)18-7-6-16(14-21(18)36-24(22)32)27-25-26-9-8-19(28-25)17-4-2-3-5-20(17)30(33)34/h2-9,14H,10-13H2,1H3,(H,26,27,28). The number of hydrogen-bond acceptors (Lipinski definition) is 10. The minimum Gasteiger partial charge on any atom is -0.422 e. The second-order valence-electron chi connectivity index (χ2n) is 8.14. The maximum absolute atomic E-state index is 12.8. The molecular weight excluding hydrogens is 466 g/mol. The van der Waals surface area contributed by atoms with Crippen LogP contribution in [0.15, 0.2) is 63.9 Å². The predicted molar refractivity (Wildman–Crippen MR) is 133 cm³/mol. The number of ether oxygens (including phenoxy) is 1. The quantitative estimate of drug-likeness (QED) is 0.184. The Balaban J connectivity index is 1.53. The molecule has 1 aliphatic heterocycles. The molecule has 4 aromatic rings. The zero-order valence-corrected chi connectivity index (χ0v) is 19.3. The van der Waals surface area contributed by atoms with Crippen LogP contribution in [0.4, 0.5) is 23.0 Å². The molecule has 0 atom stereocenters. The maximum atomic E-state index is 12.8. The van der Waals surface area contributed by atoms with Crippen LogP contribution in [0.25, 0.3) is 22.2 Å². The molecule has 1 aliphatic rings. The Morgan fingerprint density at radius 3 is 2.67 bits per heavy atom.